The van der Waals surface area contributed by atoms with Crippen molar-refractivity contribution < 1.29 is 13.2 Å². The van der Waals surface area contributed by atoms with Crippen LogP contribution in [0.4, 0.5) is 13.2 Å². The first-order valence-electron chi connectivity index (χ1n) is 4.93. The Morgan fingerprint density at radius 3 is 2.43 bits per heavy atom. The minimum Gasteiger partial charge on any atom is -0.326 e. The first-order valence-corrected chi connectivity index (χ1v) is 4.93. The summed E-state index contributed by atoms with van der Waals surface area (Å²) in [4.78, 5) is 2.01. The zero-order valence-electron chi connectivity index (χ0n) is 8.35. The van der Waals surface area contributed by atoms with E-state index in [2.05, 4.69) is 0 Å². The Bertz CT molecular complexity index is 171. The van der Waals surface area contributed by atoms with Crippen LogP contribution in [0.5, 0.6) is 0 Å². The van der Waals surface area contributed by atoms with Crippen molar-refractivity contribution in [3.05, 3.63) is 0 Å². The van der Waals surface area contributed by atoms with Crippen molar-refractivity contribution in [2.24, 2.45) is 11.7 Å². The second-order valence-corrected chi connectivity index (χ2v) is 4.12. The number of halogens is 3. The van der Waals surface area contributed by atoms with Gasteiger partial charge in [0.2, 0.25) is 0 Å². The predicted molar refractivity (Wildman–Crippen MR) is 48.9 cm³/mol. The maximum Gasteiger partial charge on any atom is 0.389 e. The third-order valence-corrected chi connectivity index (χ3v) is 2.68. The second kappa shape index (κ2) is 4.49. The molecule has 2 unspecified atom stereocenters. The predicted octanol–water partition coefficient (Wildman–Crippen LogP) is 1.61. The molecule has 1 fully saturated rings. The molecular weight excluding hydrogens is 193 g/mol. The van der Waals surface area contributed by atoms with Crippen LogP contribution >= 0.6 is 0 Å². The molecule has 1 aliphatic heterocycles. The monoisotopic (exact) mass is 210 g/mol. The van der Waals surface area contributed by atoms with Gasteiger partial charge >= 0.3 is 6.18 Å². The van der Waals surface area contributed by atoms with Gasteiger partial charge in [0.1, 0.15) is 0 Å². The van der Waals surface area contributed by atoms with Gasteiger partial charge in [-0.3, -0.25) is 0 Å². The minimum atomic E-state index is -4.02. The fourth-order valence-electron chi connectivity index (χ4n) is 1.78. The molecule has 0 bridgehead atoms. The molecule has 0 aromatic rings. The Morgan fingerprint density at radius 2 is 2.00 bits per heavy atom. The van der Waals surface area contributed by atoms with Crippen molar-refractivity contribution in [1.82, 2.24) is 4.90 Å². The van der Waals surface area contributed by atoms with Gasteiger partial charge < -0.3 is 10.6 Å². The quantitative estimate of drug-likeness (QED) is 0.766. The van der Waals surface area contributed by atoms with E-state index in [1.807, 2.05) is 11.8 Å². The maximum atomic E-state index is 11.8. The van der Waals surface area contributed by atoms with Gasteiger partial charge in [-0.25, -0.2) is 0 Å². The first-order chi connectivity index (χ1) is 6.38. The Kier molecular flexibility index (Phi) is 3.78. The maximum absolute atomic E-state index is 11.8. The van der Waals surface area contributed by atoms with Crippen LogP contribution in [0, 0.1) is 5.92 Å². The summed E-state index contributed by atoms with van der Waals surface area (Å²) in [7, 11) is 0. The summed E-state index contributed by atoms with van der Waals surface area (Å²) in [5, 5.41) is 0. The van der Waals surface area contributed by atoms with E-state index in [0.717, 1.165) is 13.1 Å². The number of nitrogens with zero attached hydrogens (tertiary/aromatic N) is 1. The average Bonchev–Trinajstić information content (AvgIpc) is 2.28. The van der Waals surface area contributed by atoms with Crippen LogP contribution in [-0.4, -0.2) is 36.8 Å². The SMILES string of the molecule is CC1CN(CCCC(F)(F)F)CC1N. The molecule has 0 amide bonds. The molecule has 1 rings (SSSR count). The smallest absolute Gasteiger partial charge is 0.326 e. The number of hydrogen-bond acceptors (Lipinski definition) is 2. The highest BCUT2D eigenvalue weighted by atomic mass is 19.4. The molecule has 0 radical (unpaired) electrons. The van der Waals surface area contributed by atoms with E-state index in [1.54, 1.807) is 0 Å². The average molecular weight is 210 g/mol. The summed E-state index contributed by atoms with van der Waals surface area (Å²) in [5.74, 6) is 0.404. The van der Waals surface area contributed by atoms with Crippen LogP contribution in [0.15, 0.2) is 0 Å². The Hall–Kier alpha value is -0.290. The van der Waals surface area contributed by atoms with E-state index >= 15 is 0 Å². The summed E-state index contributed by atoms with van der Waals surface area (Å²) < 4.78 is 35.5. The summed E-state index contributed by atoms with van der Waals surface area (Å²) >= 11 is 0. The zero-order valence-corrected chi connectivity index (χ0v) is 8.35. The normalized spacial score (nSPS) is 29.8. The van der Waals surface area contributed by atoms with Crippen molar-refractivity contribution in [3.8, 4) is 0 Å². The highest BCUT2D eigenvalue weighted by Gasteiger charge is 2.29. The number of rotatable bonds is 3. The molecule has 5 heteroatoms. The molecular formula is C9H17F3N2. The topological polar surface area (TPSA) is 29.3 Å². The number of hydrogen-bond donors (Lipinski definition) is 1. The molecule has 2 atom stereocenters. The van der Waals surface area contributed by atoms with Gasteiger partial charge in [0.05, 0.1) is 0 Å². The zero-order chi connectivity index (χ0) is 10.8. The van der Waals surface area contributed by atoms with E-state index in [4.69, 9.17) is 5.73 Å². The van der Waals surface area contributed by atoms with Crippen LogP contribution < -0.4 is 5.73 Å². The molecule has 0 aromatic heterocycles. The molecule has 1 saturated heterocycles. The number of likely N-dealkylation sites (tertiary alicyclic amines) is 1. The number of nitrogens with two attached hydrogens (primary N) is 1. The van der Waals surface area contributed by atoms with E-state index in [1.165, 1.54) is 0 Å². The van der Waals surface area contributed by atoms with Crippen molar-refractivity contribution in [3.63, 3.8) is 0 Å². The highest BCUT2D eigenvalue weighted by Crippen LogP contribution is 2.22. The third-order valence-electron chi connectivity index (χ3n) is 2.68. The number of alkyl halides is 3. The van der Waals surface area contributed by atoms with Gasteiger partial charge in [-0.15, -0.1) is 0 Å². The summed E-state index contributed by atoms with van der Waals surface area (Å²) in [6, 6.07) is 0.126. The fourth-order valence-corrected chi connectivity index (χ4v) is 1.78. The van der Waals surface area contributed by atoms with E-state index in [0.29, 0.717) is 12.5 Å². The summed E-state index contributed by atoms with van der Waals surface area (Å²) in [5.41, 5.74) is 5.76. The summed E-state index contributed by atoms with van der Waals surface area (Å²) in [6.45, 7) is 4.12. The summed E-state index contributed by atoms with van der Waals surface area (Å²) in [6.07, 6.45) is -4.52. The lowest BCUT2D eigenvalue weighted by Gasteiger charge is -2.15. The molecule has 2 N–H and O–H groups in total. The van der Waals surface area contributed by atoms with E-state index in [-0.39, 0.29) is 12.5 Å². The lowest BCUT2D eigenvalue weighted by Crippen LogP contribution is -2.29. The Balaban J connectivity index is 2.15. The highest BCUT2D eigenvalue weighted by molar-refractivity contribution is 4.83. The van der Waals surface area contributed by atoms with Crippen LogP contribution in [0.25, 0.3) is 0 Å². The van der Waals surface area contributed by atoms with Crippen LogP contribution in [-0.2, 0) is 0 Å². The van der Waals surface area contributed by atoms with Gasteiger partial charge in [-0.05, 0) is 18.9 Å². The Morgan fingerprint density at radius 1 is 1.36 bits per heavy atom. The Labute approximate surface area is 82.2 Å². The van der Waals surface area contributed by atoms with Gasteiger partial charge in [-0.2, -0.15) is 13.2 Å². The molecule has 0 aromatic carbocycles. The van der Waals surface area contributed by atoms with E-state index in [9.17, 15) is 13.2 Å². The lowest BCUT2D eigenvalue weighted by molar-refractivity contribution is -0.136. The minimum absolute atomic E-state index is 0.126. The van der Waals surface area contributed by atoms with Crippen molar-refractivity contribution in [2.45, 2.75) is 32.0 Å². The van der Waals surface area contributed by atoms with Crippen LogP contribution in [0.3, 0.4) is 0 Å². The van der Waals surface area contributed by atoms with Gasteiger partial charge in [0, 0.05) is 25.6 Å². The molecule has 1 heterocycles. The molecule has 14 heavy (non-hydrogen) atoms. The van der Waals surface area contributed by atoms with Crippen molar-refractivity contribution in [1.29, 1.82) is 0 Å². The van der Waals surface area contributed by atoms with Crippen molar-refractivity contribution in [2.75, 3.05) is 19.6 Å². The molecule has 2 nitrogen and oxygen atoms in total. The fraction of sp³-hybridized carbons (Fsp3) is 1.00. The largest absolute Gasteiger partial charge is 0.389 e. The lowest BCUT2D eigenvalue weighted by atomic mass is 10.1. The molecule has 0 aliphatic carbocycles. The van der Waals surface area contributed by atoms with Gasteiger partial charge in [-0.1, -0.05) is 6.92 Å². The molecule has 1 aliphatic rings. The molecule has 0 saturated carbocycles. The van der Waals surface area contributed by atoms with Gasteiger partial charge in [0.25, 0.3) is 0 Å². The third kappa shape index (κ3) is 3.84. The van der Waals surface area contributed by atoms with E-state index < -0.39 is 12.6 Å². The molecule has 0 spiro atoms. The second-order valence-electron chi connectivity index (χ2n) is 4.12. The van der Waals surface area contributed by atoms with Crippen LogP contribution in [0.2, 0.25) is 0 Å². The van der Waals surface area contributed by atoms with Crippen molar-refractivity contribution >= 4 is 0 Å². The standard InChI is InChI=1S/C9H17F3N2/c1-7-5-14(6-8(7)13)4-2-3-9(10,11)12/h7-8H,2-6,13H2,1H3. The molecule has 84 valence electrons. The first kappa shape index (κ1) is 11.8. The van der Waals surface area contributed by atoms with Gasteiger partial charge in [0.15, 0.2) is 0 Å². The van der Waals surface area contributed by atoms with Crippen LogP contribution in [0.1, 0.15) is 19.8 Å².